The molecule has 0 spiro atoms. The Balaban J connectivity index is 0.00000141. The van der Waals surface area contributed by atoms with Crippen LogP contribution >= 0.6 is 0 Å². The average Bonchev–Trinajstić information content (AvgIpc) is 3.03. The van der Waals surface area contributed by atoms with Crippen LogP contribution in [0.4, 0.5) is 0 Å². The van der Waals surface area contributed by atoms with E-state index in [0.29, 0.717) is 11.4 Å². The molecule has 3 N–H and O–H groups in total. The number of hydrogen-bond donors (Lipinski definition) is 3. The molecule has 0 aliphatic carbocycles. The van der Waals surface area contributed by atoms with Crippen LogP contribution in [0, 0.1) is 0 Å². The number of carbonyl (C=O) groups is 3. The summed E-state index contributed by atoms with van der Waals surface area (Å²) < 4.78 is 0. The number of carboxylic acid groups (broad SMARTS) is 1. The summed E-state index contributed by atoms with van der Waals surface area (Å²) in [5.41, 5.74) is 4.02. The van der Waals surface area contributed by atoms with E-state index in [9.17, 15) is 14.4 Å². The number of benzene rings is 3. The van der Waals surface area contributed by atoms with Gasteiger partial charge in [0.1, 0.15) is 6.04 Å². The van der Waals surface area contributed by atoms with Crippen molar-refractivity contribution >= 4 is 17.8 Å². The summed E-state index contributed by atoms with van der Waals surface area (Å²) in [7, 11) is 0. The van der Waals surface area contributed by atoms with Crippen molar-refractivity contribution in [2.45, 2.75) is 46.6 Å². The molecular formula is C33H38N4O4. The van der Waals surface area contributed by atoms with Crippen LogP contribution in [0.1, 0.15) is 50.0 Å². The van der Waals surface area contributed by atoms with Gasteiger partial charge in [0.05, 0.1) is 6.42 Å². The lowest BCUT2D eigenvalue weighted by atomic mass is 10.0. The summed E-state index contributed by atoms with van der Waals surface area (Å²) in [6, 6.07) is 25.0. The van der Waals surface area contributed by atoms with Crippen molar-refractivity contribution in [3.05, 3.63) is 108 Å². The lowest BCUT2D eigenvalue weighted by molar-refractivity contribution is -0.137. The van der Waals surface area contributed by atoms with Gasteiger partial charge in [-0.1, -0.05) is 100 Å². The van der Waals surface area contributed by atoms with Crippen LogP contribution in [0.15, 0.2) is 97.3 Å². The molecule has 0 saturated heterocycles. The topological polar surface area (TPSA) is 121 Å². The zero-order valence-corrected chi connectivity index (χ0v) is 24.0. The maximum atomic E-state index is 12.8. The Morgan fingerprint density at radius 1 is 0.732 bits per heavy atom. The normalized spacial score (nSPS) is 10.5. The van der Waals surface area contributed by atoms with Gasteiger partial charge in [-0.3, -0.25) is 14.4 Å². The summed E-state index contributed by atoms with van der Waals surface area (Å²) in [5, 5.41) is 14.2. The molecule has 8 nitrogen and oxygen atoms in total. The van der Waals surface area contributed by atoms with Crippen LogP contribution in [0.3, 0.4) is 0 Å². The molecule has 4 rings (SSSR count). The lowest BCUT2D eigenvalue weighted by Gasteiger charge is -2.19. The van der Waals surface area contributed by atoms with Crippen molar-refractivity contribution in [1.82, 2.24) is 20.6 Å². The molecule has 0 radical (unpaired) electrons. The molecule has 0 fully saturated rings. The first-order valence-corrected chi connectivity index (χ1v) is 13.8. The first-order valence-electron chi connectivity index (χ1n) is 13.8. The first-order chi connectivity index (χ1) is 20.0. The van der Waals surface area contributed by atoms with E-state index in [4.69, 9.17) is 5.11 Å². The Kier molecular flexibility index (Phi) is 14.0. The Bertz CT molecular complexity index is 1340. The van der Waals surface area contributed by atoms with Gasteiger partial charge in [0.2, 0.25) is 5.91 Å². The van der Waals surface area contributed by atoms with Gasteiger partial charge in [-0.15, -0.1) is 0 Å². The van der Waals surface area contributed by atoms with Gasteiger partial charge >= 0.3 is 5.97 Å². The van der Waals surface area contributed by atoms with Crippen LogP contribution < -0.4 is 10.6 Å². The Labute approximate surface area is 241 Å². The number of carbonyl (C=O) groups excluding carboxylic acids is 2. The summed E-state index contributed by atoms with van der Waals surface area (Å²) in [4.78, 5) is 45.3. The molecular weight excluding hydrogens is 516 g/mol. The van der Waals surface area contributed by atoms with Gasteiger partial charge in [0.15, 0.2) is 5.82 Å². The van der Waals surface area contributed by atoms with E-state index in [1.807, 2.05) is 82.3 Å². The van der Waals surface area contributed by atoms with Crippen LogP contribution in [0.2, 0.25) is 0 Å². The number of hydrogen-bond acceptors (Lipinski definition) is 5. The van der Waals surface area contributed by atoms with Gasteiger partial charge in [-0.05, 0) is 23.3 Å². The highest BCUT2D eigenvalue weighted by Gasteiger charge is 2.22. The van der Waals surface area contributed by atoms with Crippen LogP contribution in [0.25, 0.3) is 22.5 Å². The molecule has 1 unspecified atom stereocenters. The molecule has 1 aromatic heterocycles. The third kappa shape index (κ3) is 10.3. The number of aliphatic carboxylic acids is 1. The molecule has 214 valence electrons. The Morgan fingerprint density at radius 3 is 1.85 bits per heavy atom. The quantitative estimate of drug-likeness (QED) is 0.228. The minimum atomic E-state index is -1.01. The van der Waals surface area contributed by atoms with Crippen LogP contribution in [-0.4, -0.2) is 45.4 Å². The third-order valence-corrected chi connectivity index (χ3v) is 5.71. The highest BCUT2D eigenvalue weighted by atomic mass is 16.4. The Morgan fingerprint density at radius 2 is 1.29 bits per heavy atom. The van der Waals surface area contributed by atoms with Crippen LogP contribution in [0.5, 0.6) is 0 Å². The number of aromatic nitrogens is 2. The van der Waals surface area contributed by atoms with Crippen molar-refractivity contribution in [2.75, 3.05) is 6.54 Å². The fourth-order valence-electron chi connectivity index (χ4n) is 3.74. The highest BCUT2D eigenvalue weighted by Crippen LogP contribution is 2.21. The average molecular weight is 555 g/mol. The minimum Gasteiger partial charge on any atom is -0.481 e. The molecule has 8 heteroatoms. The number of carboxylic acids is 1. The second-order valence-corrected chi connectivity index (χ2v) is 8.39. The van der Waals surface area contributed by atoms with E-state index < -0.39 is 17.9 Å². The molecule has 0 bridgehead atoms. The van der Waals surface area contributed by atoms with E-state index >= 15 is 0 Å². The summed E-state index contributed by atoms with van der Waals surface area (Å²) in [6.07, 6.45) is 3.58. The predicted octanol–water partition coefficient (Wildman–Crippen LogP) is 5.80. The highest BCUT2D eigenvalue weighted by molar-refractivity contribution is 5.97. The third-order valence-electron chi connectivity index (χ3n) is 5.71. The van der Waals surface area contributed by atoms with Gasteiger partial charge < -0.3 is 15.7 Å². The van der Waals surface area contributed by atoms with Crippen molar-refractivity contribution in [1.29, 1.82) is 0 Å². The molecule has 4 aromatic rings. The summed E-state index contributed by atoms with van der Waals surface area (Å²) in [6.45, 7) is 7.97. The molecule has 41 heavy (non-hydrogen) atoms. The van der Waals surface area contributed by atoms with E-state index in [0.717, 1.165) is 22.3 Å². The maximum Gasteiger partial charge on any atom is 0.305 e. The fraction of sp³-hybridized carbons (Fsp3) is 0.242. The largest absolute Gasteiger partial charge is 0.481 e. The smallest absolute Gasteiger partial charge is 0.305 e. The predicted molar refractivity (Wildman–Crippen MR) is 162 cm³/mol. The standard InChI is InChI=1S/C29H26N4O4.2C2H6/c34-26(35)15-16-30-29(37)25(33-28(36)23-9-5-2-6-10-23)17-20-11-13-22(14-12-20)27-31-18-24(19-32-27)21-7-3-1-4-8-21;2*1-2/h1-14,18-19,25H,15-17H2,(H,30,37)(H,33,36)(H,34,35);2*1-2H3. The molecule has 1 atom stereocenters. The summed E-state index contributed by atoms with van der Waals surface area (Å²) >= 11 is 0. The molecule has 0 saturated carbocycles. The molecule has 1 heterocycles. The maximum absolute atomic E-state index is 12.8. The van der Waals surface area contributed by atoms with Crippen molar-refractivity contribution in [2.24, 2.45) is 0 Å². The zero-order chi connectivity index (χ0) is 30.0. The Hall–Kier alpha value is -4.85. The van der Waals surface area contributed by atoms with Crippen LogP contribution in [-0.2, 0) is 16.0 Å². The van der Waals surface area contributed by atoms with Crippen molar-refractivity contribution in [3.63, 3.8) is 0 Å². The van der Waals surface area contributed by atoms with Gasteiger partial charge in [-0.25, -0.2) is 9.97 Å². The van der Waals surface area contributed by atoms with Crippen molar-refractivity contribution in [3.8, 4) is 22.5 Å². The lowest BCUT2D eigenvalue weighted by Crippen LogP contribution is -2.48. The summed E-state index contributed by atoms with van der Waals surface area (Å²) in [5.74, 6) is -1.27. The molecule has 2 amide bonds. The zero-order valence-electron chi connectivity index (χ0n) is 24.0. The van der Waals surface area contributed by atoms with E-state index in [-0.39, 0.29) is 25.3 Å². The second kappa shape index (κ2) is 17.7. The number of rotatable bonds is 10. The first kappa shape index (κ1) is 32.4. The van der Waals surface area contributed by atoms with Gasteiger partial charge in [-0.2, -0.15) is 0 Å². The fourth-order valence-corrected chi connectivity index (χ4v) is 3.74. The molecule has 3 aromatic carbocycles. The van der Waals surface area contributed by atoms with Gasteiger partial charge in [0.25, 0.3) is 5.91 Å². The SMILES string of the molecule is CC.CC.O=C(O)CCNC(=O)C(Cc1ccc(-c2ncc(-c3ccccc3)cn2)cc1)NC(=O)c1ccccc1. The van der Waals surface area contributed by atoms with Gasteiger partial charge in [0, 0.05) is 42.0 Å². The molecule has 0 aliphatic heterocycles. The number of amides is 2. The minimum absolute atomic E-state index is 0.0267. The number of nitrogens with one attached hydrogen (secondary N) is 2. The van der Waals surface area contributed by atoms with Crippen molar-refractivity contribution < 1.29 is 19.5 Å². The number of nitrogens with zero attached hydrogens (tertiary/aromatic N) is 2. The second-order valence-electron chi connectivity index (χ2n) is 8.39. The van der Waals surface area contributed by atoms with E-state index in [1.165, 1.54) is 0 Å². The van der Waals surface area contributed by atoms with E-state index in [1.54, 1.807) is 42.7 Å². The monoisotopic (exact) mass is 554 g/mol. The molecule has 0 aliphatic rings. The van der Waals surface area contributed by atoms with E-state index in [2.05, 4.69) is 20.6 Å².